The number of hydrogen-bond donors (Lipinski definition) is 7. The van der Waals surface area contributed by atoms with E-state index in [4.69, 9.17) is 5.11 Å². The molecule has 0 atom stereocenters. The van der Waals surface area contributed by atoms with Gasteiger partial charge in [0.05, 0.1) is 19.8 Å². The molecule has 0 unspecified atom stereocenters. The van der Waals surface area contributed by atoms with Crippen LogP contribution in [-0.2, 0) is 14.4 Å². The molecule has 0 rings (SSSR count). The van der Waals surface area contributed by atoms with Crippen molar-refractivity contribution < 1.29 is 29.7 Å². The molecule has 0 aliphatic carbocycles. The molecule has 0 fully saturated rings. The molecular formula is C67H141N7O6. The predicted molar refractivity (Wildman–Crippen MR) is 346 cm³/mol. The van der Waals surface area contributed by atoms with Crippen LogP contribution in [0.2, 0.25) is 0 Å². The summed E-state index contributed by atoms with van der Waals surface area (Å²) in [5.41, 5.74) is 0. The van der Waals surface area contributed by atoms with Crippen molar-refractivity contribution in [1.82, 2.24) is 36.0 Å². The Morgan fingerprint density at radius 3 is 0.825 bits per heavy atom. The third-order valence-electron chi connectivity index (χ3n) is 15.5. The van der Waals surface area contributed by atoms with Gasteiger partial charge in [-0.1, -0.05) is 247 Å². The number of rotatable bonds is 64. The van der Waals surface area contributed by atoms with Crippen LogP contribution >= 0.6 is 0 Å². The second-order valence-corrected chi connectivity index (χ2v) is 23.1. The Labute approximate surface area is 497 Å². The third kappa shape index (κ3) is 66.9. The second kappa shape index (κ2) is 71.4. The smallest absolute Gasteiger partial charge is 0.221 e. The van der Waals surface area contributed by atoms with E-state index in [0.29, 0.717) is 45.4 Å². The number of hydrogen-bond acceptors (Lipinski definition) is 10. The van der Waals surface area contributed by atoms with Crippen LogP contribution in [0.1, 0.15) is 305 Å². The number of nitrogens with zero attached hydrogens (tertiary/aromatic N) is 3. The first-order valence-electron chi connectivity index (χ1n) is 34.3. The zero-order valence-electron chi connectivity index (χ0n) is 53.1. The van der Waals surface area contributed by atoms with Crippen LogP contribution in [0.3, 0.4) is 0 Å². The van der Waals surface area contributed by atoms with Crippen molar-refractivity contribution in [2.45, 2.75) is 305 Å². The van der Waals surface area contributed by atoms with E-state index in [-0.39, 0.29) is 45.0 Å². The summed E-state index contributed by atoms with van der Waals surface area (Å²) < 4.78 is 0. The van der Waals surface area contributed by atoms with Gasteiger partial charge in [-0.15, -0.1) is 0 Å². The fourth-order valence-corrected chi connectivity index (χ4v) is 10.4. The van der Waals surface area contributed by atoms with E-state index < -0.39 is 0 Å². The molecule has 0 spiro atoms. The first-order valence-corrected chi connectivity index (χ1v) is 34.3. The first kappa shape index (κ1) is 82.3. The van der Waals surface area contributed by atoms with Gasteiger partial charge in [-0.2, -0.15) is 0 Å². The molecule has 7 N–H and O–H groups in total. The molecule has 0 saturated heterocycles. The number of unbranched alkanes of at least 4 members (excludes halogenated alkanes) is 33. The van der Waals surface area contributed by atoms with E-state index in [0.717, 1.165) is 104 Å². The minimum Gasteiger partial charge on any atom is -0.395 e. The van der Waals surface area contributed by atoms with Crippen molar-refractivity contribution in [2.24, 2.45) is 0 Å². The molecule has 3 amide bonds. The number of carbonyl (C=O) groups is 3. The van der Waals surface area contributed by atoms with Crippen molar-refractivity contribution in [1.29, 1.82) is 0 Å². The Morgan fingerprint density at radius 1 is 0.263 bits per heavy atom. The zero-order chi connectivity index (χ0) is 58.0. The van der Waals surface area contributed by atoms with Gasteiger partial charge in [0.15, 0.2) is 0 Å². The number of carbonyl (C=O) groups excluding carboxylic acids is 3. The number of aliphatic hydroxyl groups is 3. The highest BCUT2D eigenvalue weighted by molar-refractivity contribution is 5.77. The van der Waals surface area contributed by atoms with E-state index >= 15 is 0 Å². The SMILES string of the molecule is C.CCCCCCCCCCCCCCNC(=O)CCN(CCCN(CCO)CCO)CCC(=O)NCCCCCCCCCCCCCC.CCCCCCCCCCCCCCNC(=O)CCNCCCN(CCC)CCO. The molecule has 13 nitrogen and oxygen atoms in total. The van der Waals surface area contributed by atoms with Gasteiger partial charge in [0.1, 0.15) is 0 Å². The molecule has 0 bridgehead atoms. The lowest BCUT2D eigenvalue weighted by Gasteiger charge is -2.25. The van der Waals surface area contributed by atoms with Gasteiger partial charge in [-0.25, -0.2) is 0 Å². The second-order valence-electron chi connectivity index (χ2n) is 23.1. The maximum Gasteiger partial charge on any atom is 0.221 e. The van der Waals surface area contributed by atoms with Gasteiger partial charge in [0, 0.05) is 78.2 Å². The van der Waals surface area contributed by atoms with Crippen LogP contribution < -0.4 is 21.3 Å². The summed E-state index contributed by atoms with van der Waals surface area (Å²) in [4.78, 5) is 43.7. The molecule has 0 radical (unpaired) electrons. The lowest BCUT2D eigenvalue weighted by atomic mass is 10.1. The van der Waals surface area contributed by atoms with Crippen molar-refractivity contribution in [2.75, 3.05) is 111 Å². The van der Waals surface area contributed by atoms with Gasteiger partial charge in [0.25, 0.3) is 0 Å². The molecule has 0 aliphatic heterocycles. The monoisotopic (exact) mass is 1140 g/mol. The maximum atomic E-state index is 12.6. The van der Waals surface area contributed by atoms with Crippen LogP contribution in [0.25, 0.3) is 0 Å². The summed E-state index contributed by atoms with van der Waals surface area (Å²) in [6.07, 6.45) is 52.1. The zero-order valence-corrected chi connectivity index (χ0v) is 53.1. The standard InChI is InChI=1S/C41H84N4O4.C25H53N3O2.CH4/c1-3-5-7-9-11-13-15-17-19-21-23-25-30-42-40(48)28-34-44(32-27-33-45(36-38-46)37-39-47)35-29-41(49)43-31-26-24-22-20-18-16-14-12-10-8-6-4-2;1-3-5-6-7-8-9-10-11-12-13-14-15-19-27-25(30)17-20-26-18-16-22-28(21-4-2)23-24-29;/h46-47H,3-39H2,1-2H3,(H,42,48)(H,43,49);26,29H,3-24H2,1-2H3,(H,27,30);1H4. The van der Waals surface area contributed by atoms with E-state index in [1.807, 2.05) is 0 Å². The highest BCUT2D eigenvalue weighted by Gasteiger charge is 2.13. The van der Waals surface area contributed by atoms with Gasteiger partial charge in [-0.05, 0) is 71.2 Å². The lowest BCUT2D eigenvalue weighted by molar-refractivity contribution is -0.122. The quantitative estimate of drug-likeness (QED) is 0.0291. The summed E-state index contributed by atoms with van der Waals surface area (Å²) in [6, 6.07) is 0. The molecular weight excluding hydrogens is 999 g/mol. The van der Waals surface area contributed by atoms with Gasteiger partial charge < -0.3 is 46.4 Å². The molecule has 0 heterocycles. The van der Waals surface area contributed by atoms with Crippen molar-refractivity contribution in [3.63, 3.8) is 0 Å². The van der Waals surface area contributed by atoms with Crippen molar-refractivity contribution in [3.8, 4) is 0 Å². The Kier molecular flexibility index (Phi) is 73.5. The van der Waals surface area contributed by atoms with Crippen LogP contribution in [0.5, 0.6) is 0 Å². The van der Waals surface area contributed by atoms with Gasteiger partial charge in [0.2, 0.25) is 17.7 Å². The highest BCUT2D eigenvalue weighted by atomic mass is 16.3. The van der Waals surface area contributed by atoms with Crippen LogP contribution in [0.15, 0.2) is 0 Å². The number of aliphatic hydroxyl groups excluding tert-OH is 3. The Hall–Kier alpha value is -1.87. The lowest BCUT2D eigenvalue weighted by Crippen LogP contribution is -2.37. The molecule has 13 heteroatoms. The van der Waals surface area contributed by atoms with E-state index in [1.165, 1.54) is 212 Å². The fraction of sp³-hybridized carbons (Fsp3) is 0.955. The third-order valence-corrected chi connectivity index (χ3v) is 15.5. The largest absolute Gasteiger partial charge is 0.395 e. The minimum absolute atomic E-state index is 0. The fourth-order valence-electron chi connectivity index (χ4n) is 10.4. The summed E-state index contributed by atoms with van der Waals surface area (Å²) in [7, 11) is 0. The molecule has 0 aromatic heterocycles. The molecule has 0 aromatic carbocycles. The predicted octanol–water partition coefficient (Wildman–Crippen LogP) is 13.9. The minimum atomic E-state index is 0. The summed E-state index contributed by atoms with van der Waals surface area (Å²) in [5, 5.41) is 40.3. The number of nitrogens with one attached hydrogen (secondary N) is 4. The van der Waals surface area contributed by atoms with Gasteiger partial charge in [-0.3, -0.25) is 19.3 Å². The topological polar surface area (TPSA) is 170 Å². The Morgan fingerprint density at radius 2 is 0.525 bits per heavy atom. The van der Waals surface area contributed by atoms with E-state index in [9.17, 15) is 24.6 Å². The maximum absolute atomic E-state index is 12.6. The Balaban J connectivity index is -0.00000164. The molecule has 0 saturated carbocycles. The van der Waals surface area contributed by atoms with Crippen LogP contribution in [0.4, 0.5) is 0 Å². The van der Waals surface area contributed by atoms with Crippen LogP contribution in [-0.4, -0.2) is 159 Å². The number of amides is 3. The normalized spacial score (nSPS) is 11.3. The van der Waals surface area contributed by atoms with Gasteiger partial charge >= 0.3 is 0 Å². The van der Waals surface area contributed by atoms with Crippen molar-refractivity contribution in [3.05, 3.63) is 0 Å². The van der Waals surface area contributed by atoms with E-state index in [2.05, 4.69) is 63.7 Å². The molecule has 80 heavy (non-hydrogen) atoms. The molecule has 480 valence electrons. The van der Waals surface area contributed by atoms with Crippen LogP contribution in [0, 0.1) is 0 Å². The Bertz CT molecular complexity index is 1160. The highest BCUT2D eigenvalue weighted by Crippen LogP contribution is 2.15. The average Bonchev–Trinajstić information content (AvgIpc) is 3.44. The van der Waals surface area contributed by atoms with Crippen molar-refractivity contribution >= 4 is 17.7 Å². The first-order chi connectivity index (χ1) is 38.8. The summed E-state index contributed by atoms with van der Waals surface area (Å²) in [6.45, 7) is 20.1. The molecule has 0 aliphatic rings. The summed E-state index contributed by atoms with van der Waals surface area (Å²) >= 11 is 0. The summed E-state index contributed by atoms with van der Waals surface area (Å²) in [5.74, 6) is 0.344. The average molecular weight is 1140 g/mol. The van der Waals surface area contributed by atoms with E-state index in [1.54, 1.807) is 0 Å². The molecule has 0 aromatic rings.